The number of benzene rings is 1. The Morgan fingerprint density at radius 3 is 1.95 bits per heavy atom. The quantitative estimate of drug-likeness (QED) is 0.776. The summed E-state index contributed by atoms with van der Waals surface area (Å²) >= 11 is 0. The lowest BCUT2D eigenvalue weighted by atomic mass is 10.2. The first kappa shape index (κ1) is 17.6. The number of carbonyl (C=O) groups is 2. The van der Waals surface area contributed by atoms with Crippen LogP contribution in [0.1, 0.15) is 13.8 Å². The van der Waals surface area contributed by atoms with Gasteiger partial charge in [-0.25, -0.2) is 0 Å². The second-order valence-electron chi connectivity index (χ2n) is 4.97. The zero-order valence-corrected chi connectivity index (χ0v) is 13.5. The van der Waals surface area contributed by atoms with E-state index >= 15 is 0 Å². The molecule has 0 heterocycles. The van der Waals surface area contributed by atoms with Gasteiger partial charge in [-0.2, -0.15) is 0 Å². The van der Waals surface area contributed by atoms with Gasteiger partial charge in [0.25, 0.3) is 0 Å². The first-order valence-corrected chi connectivity index (χ1v) is 6.82. The number of ether oxygens (including phenoxy) is 3. The number of nitrogens with one attached hydrogen (secondary N) is 2. The lowest BCUT2D eigenvalue weighted by molar-refractivity contribution is -0.136. The highest BCUT2D eigenvalue weighted by Crippen LogP contribution is 2.39. The van der Waals surface area contributed by atoms with Crippen molar-refractivity contribution in [3.63, 3.8) is 0 Å². The first-order valence-electron chi connectivity index (χ1n) is 6.82. The summed E-state index contributed by atoms with van der Waals surface area (Å²) in [6.45, 7) is 4.32. The monoisotopic (exact) mass is 310 g/mol. The lowest BCUT2D eigenvalue weighted by Gasteiger charge is -2.14. The summed E-state index contributed by atoms with van der Waals surface area (Å²) in [6.07, 6.45) is 0. The third-order valence-electron chi connectivity index (χ3n) is 2.80. The lowest BCUT2D eigenvalue weighted by Crippen LogP contribution is -2.37. The second kappa shape index (κ2) is 8.11. The molecule has 2 amide bonds. The van der Waals surface area contributed by atoms with Crippen molar-refractivity contribution in [1.82, 2.24) is 5.32 Å². The summed E-state index contributed by atoms with van der Waals surface area (Å²) in [5, 5.41) is 5.04. The van der Waals surface area contributed by atoms with E-state index in [2.05, 4.69) is 10.6 Å². The van der Waals surface area contributed by atoms with Crippen molar-refractivity contribution in [1.29, 1.82) is 0 Å². The molecule has 0 unspecified atom stereocenters. The van der Waals surface area contributed by atoms with E-state index in [1.807, 2.05) is 13.8 Å². The predicted molar refractivity (Wildman–Crippen MR) is 82.6 cm³/mol. The van der Waals surface area contributed by atoms with Crippen LogP contribution in [0.25, 0.3) is 0 Å². The van der Waals surface area contributed by atoms with Crippen molar-refractivity contribution in [2.75, 3.05) is 33.2 Å². The Morgan fingerprint density at radius 1 is 1.00 bits per heavy atom. The standard InChI is InChI=1S/C15H22N2O5/c1-9(2)8-16-14(18)15(19)17-10-6-11(20-3)13(22-5)12(7-10)21-4/h6-7,9H,8H2,1-5H3,(H,16,18)(H,17,19). The minimum atomic E-state index is -0.755. The van der Waals surface area contributed by atoms with Gasteiger partial charge >= 0.3 is 11.8 Å². The van der Waals surface area contributed by atoms with Crippen molar-refractivity contribution in [3.8, 4) is 17.2 Å². The van der Waals surface area contributed by atoms with E-state index in [4.69, 9.17) is 14.2 Å². The first-order chi connectivity index (χ1) is 10.4. The fourth-order valence-electron chi connectivity index (χ4n) is 1.72. The summed E-state index contributed by atoms with van der Waals surface area (Å²) in [6, 6.07) is 3.10. The molecule has 7 nitrogen and oxygen atoms in total. The van der Waals surface area contributed by atoms with Gasteiger partial charge in [0.15, 0.2) is 11.5 Å². The number of methoxy groups -OCH3 is 3. The maximum Gasteiger partial charge on any atom is 0.313 e. The number of rotatable bonds is 6. The molecule has 0 aliphatic carbocycles. The van der Waals surface area contributed by atoms with E-state index in [-0.39, 0.29) is 5.92 Å². The highest BCUT2D eigenvalue weighted by Gasteiger charge is 2.17. The summed E-state index contributed by atoms with van der Waals surface area (Å²) < 4.78 is 15.6. The third-order valence-corrected chi connectivity index (χ3v) is 2.80. The summed E-state index contributed by atoms with van der Waals surface area (Å²) in [5.41, 5.74) is 0.374. The molecule has 0 radical (unpaired) electrons. The minimum absolute atomic E-state index is 0.262. The Labute approximate surface area is 129 Å². The Kier molecular flexibility index (Phi) is 6.49. The smallest absolute Gasteiger partial charge is 0.313 e. The van der Waals surface area contributed by atoms with Crippen LogP contribution in [0.4, 0.5) is 5.69 Å². The molecule has 0 aliphatic heterocycles. The SMILES string of the molecule is COc1cc(NC(=O)C(=O)NCC(C)C)cc(OC)c1OC. The molecule has 0 spiro atoms. The molecule has 0 fully saturated rings. The molecule has 0 aliphatic rings. The van der Waals surface area contributed by atoms with Gasteiger partial charge in [-0.3, -0.25) is 9.59 Å². The van der Waals surface area contributed by atoms with Crippen LogP contribution < -0.4 is 24.8 Å². The van der Waals surface area contributed by atoms with Crippen LogP contribution in [0.5, 0.6) is 17.2 Å². The molecule has 1 aromatic rings. The van der Waals surface area contributed by atoms with E-state index in [0.717, 1.165) is 0 Å². The molecule has 22 heavy (non-hydrogen) atoms. The molecule has 0 saturated heterocycles. The maximum atomic E-state index is 11.8. The largest absolute Gasteiger partial charge is 0.493 e. The van der Waals surface area contributed by atoms with Crippen molar-refractivity contribution >= 4 is 17.5 Å². The second-order valence-corrected chi connectivity index (χ2v) is 4.97. The van der Waals surface area contributed by atoms with Crippen LogP contribution in [0.15, 0.2) is 12.1 Å². The summed E-state index contributed by atoms with van der Waals surface area (Å²) in [7, 11) is 4.43. The number of hydrogen-bond acceptors (Lipinski definition) is 5. The molecule has 0 aromatic heterocycles. The summed E-state index contributed by atoms with van der Waals surface area (Å²) in [5.74, 6) is 0.00188. The number of anilines is 1. The topological polar surface area (TPSA) is 85.9 Å². The average molecular weight is 310 g/mol. The van der Waals surface area contributed by atoms with Crippen LogP contribution in [0.2, 0.25) is 0 Å². The highest BCUT2D eigenvalue weighted by atomic mass is 16.5. The van der Waals surface area contributed by atoms with E-state index in [9.17, 15) is 9.59 Å². The van der Waals surface area contributed by atoms with Crippen LogP contribution in [0.3, 0.4) is 0 Å². The number of carbonyl (C=O) groups excluding carboxylic acids is 2. The minimum Gasteiger partial charge on any atom is -0.493 e. The molecular formula is C15H22N2O5. The molecule has 1 aromatic carbocycles. The average Bonchev–Trinajstić information content (AvgIpc) is 2.51. The van der Waals surface area contributed by atoms with Gasteiger partial charge in [0.1, 0.15) is 0 Å². The Morgan fingerprint density at radius 2 is 1.55 bits per heavy atom. The van der Waals surface area contributed by atoms with Gasteiger partial charge in [0.05, 0.1) is 21.3 Å². The van der Waals surface area contributed by atoms with E-state index < -0.39 is 11.8 Å². The predicted octanol–water partition coefficient (Wildman–Crippen LogP) is 1.42. The number of hydrogen-bond donors (Lipinski definition) is 2. The normalized spacial score (nSPS) is 10.1. The van der Waals surface area contributed by atoms with Gasteiger partial charge < -0.3 is 24.8 Å². The van der Waals surface area contributed by atoms with Gasteiger partial charge in [0.2, 0.25) is 5.75 Å². The molecule has 0 bridgehead atoms. The van der Waals surface area contributed by atoms with Crippen molar-refractivity contribution in [2.24, 2.45) is 5.92 Å². The van der Waals surface area contributed by atoms with Crippen LogP contribution in [-0.2, 0) is 9.59 Å². The van der Waals surface area contributed by atoms with Crippen LogP contribution in [-0.4, -0.2) is 39.7 Å². The number of amides is 2. The molecule has 0 saturated carbocycles. The molecule has 122 valence electrons. The fraction of sp³-hybridized carbons (Fsp3) is 0.467. The molecule has 1 rings (SSSR count). The molecule has 0 atom stereocenters. The maximum absolute atomic E-state index is 11.8. The fourth-order valence-corrected chi connectivity index (χ4v) is 1.72. The van der Waals surface area contributed by atoms with Gasteiger partial charge in [0, 0.05) is 24.4 Å². The summed E-state index contributed by atoms with van der Waals surface area (Å²) in [4.78, 5) is 23.5. The van der Waals surface area contributed by atoms with Gasteiger partial charge in [-0.15, -0.1) is 0 Å². The molecular weight excluding hydrogens is 288 g/mol. The van der Waals surface area contributed by atoms with Crippen LogP contribution in [0, 0.1) is 5.92 Å². The Balaban J connectivity index is 2.89. The van der Waals surface area contributed by atoms with Gasteiger partial charge in [-0.1, -0.05) is 13.8 Å². The van der Waals surface area contributed by atoms with Crippen molar-refractivity contribution in [3.05, 3.63) is 12.1 Å². The molecule has 2 N–H and O–H groups in total. The Hall–Kier alpha value is -2.44. The highest BCUT2D eigenvalue weighted by molar-refractivity contribution is 6.39. The zero-order chi connectivity index (χ0) is 16.7. The third kappa shape index (κ3) is 4.54. The van der Waals surface area contributed by atoms with E-state index in [0.29, 0.717) is 29.5 Å². The van der Waals surface area contributed by atoms with Crippen molar-refractivity contribution in [2.45, 2.75) is 13.8 Å². The zero-order valence-electron chi connectivity index (χ0n) is 13.5. The van der Waals surface area contributed by atoms with Crippen LogP contribution >= 0.6 is 0 Å². The van der Waals surface area contributed by atoms with E-state index in [1.165, 1.54) is 21.3 Å². The van der Waals surface area contributed by atoms with Crippen molar-refractivity contribution < 1.29 is 23.8 Å². The molecule has 7 heteroatoms. The van der Waals surface area contributed by atoms with E-state index in [1.54, 1.807) is 12.1 Å². The van der Waals surface area contributed by atoms with Gasteiger partial charge in [-0.05, 0) is 5.92 Å². The Bertz CT molecular complexity index is 518.